The van der Waals surface area contributed by atoms with Crippen molar-refractivity contribution < 1.29 is 14.0 Å². The Hall–Kier alpha value is -2.57. The SMILES string of the molecule is O=C(NC1CCN(C(=O)c2ccccc2F)CC1)c1[nH]c2ccc(Cl)cc2c1Cl. The number of benzene rings is 2. The molecule has 1 saturated heterocycles. The predicted octanol–water partition coefficient (Wildman–Crippen LogP) is 4.65. The Morgan fingerprint density at radius 2 is 1.83 bits per heavy atom. The smallest absolute Gasteiger partial charge is 0.269 e. The topological polar surface area (TPSA) is 65.2 Å². The van der Waals surface area contributed by atoms with Gasteiger partial charge in [-0.3, -0.25) is 9.59 Å². The number of rotatable bonds is 3. The lowest BCUT2D eigenvalue weighted by molar-refractivity contribution is 0.0693. The van der Waals surface area contributed by atoms with Gasteiger partial charge in [-0.1, -0.05) is 35.3 Å². The van der Waals surface area contributed by atoms with Crippen LogP contribution >= 0.6 is 23.2 Å². The van der Waals surface area contributed by atoms with E-state index in [1.54, 1.807) is 35.2 Å². The molecule has 1 fully saturated rings. The minimum absolute atomic E-state index is 0.0681. The van der Waals surface area contributed by atoms with Gasteiger partial charge in [0.2, 0.25) is 0 Å². The lowest BCUT2D eigenvalue weighted by Crippen LogP contribution is -2.46. The number of piperidine rings is 1. The van der Waals surface area contributed by atoms with Crippen LogP contribution in [-0.4, -0.2) is 40.8 Å². The number of hydrogen-bond acceptors (Lipinski definition) is 2. The van der Waals surface area contributed by atoms with E-state index in [9.17, 15) is 14.0 Å². The van der Waals surface area contributed by atoms with Gasteiger partial charge in [-0.2, -0.15) is 0 Å². The molecule has 0 bridgehead atoms. The van der Waals surface area contributed by atoms with Gasteiger partial charge in [0, 0.05) is 35.1 Å². The molecule has 0 saturated carbocycles. The van der Waals surface area contributed by atoms with Crippen LogP contribution in [0.15, 0.2) is 42.5 Å². The lowest BCUT2D eigenvalue weighted by atomic mass is 10.0. The molecule has 2 amide bonds. The van der Waals surface area contributed by atoms with Gasteiger partial charge in [0.15, 0.2) is 0 Å². The molecule has 4 rings (SSSR count). The molecule has 1 aromatic heterocycles. The maximum Gasteiger partial charge on any atom is 0.269 e. The third kappa shape index (κ3) is 3.95. The monoisotopic (exact) mass is 433 g/mol. The summed E-state index contributed by atoms with van der Waals surface area (Å²) in [6.45, 7) is 0.877. The second-order valence-corrected chi connectivity index (χ2v) is 7.84. The molecule has 150 valence electrons. The van der Waals surface area contributed by atoms with E-state index >= 15 is 0 Å². The van der Waals surface area contributed by atoms with Crippen molar-refractivity contribution in [2.45, 2.75) is 18.9 Å². The van der Waals surface area contributed by atoms with E-state index in [0.717, 1.165) is 5.52 Å². The van der Waals surface area contributed by atoms with Crippen molar-refractivity contribution in [3.8, 4) is 0 Å². The summed E-state index contributed by atoms with van der Waals surface area (Å²) < 4.78 is 13.9. The number of fused-ring (bicyclic) bond motifs is 1. The van der Waals surface area contributed by atoms with Gasteiger partial charge < -0.3 is 15.2 Å². The molecule has 3 aromatic rings. The molecule has 0 radical (unpaired) electrons. The Bertz CT molecular complexity index is 1090. The first-order valence-electron chi connectivity index (χ1n) is 9.25. The van der Waals surface area contributed by atoms with Crippen molar-refractivity contribution in [3.63, 3.8) is 0 Å². The summed E-state index contributed by atoms with van der Waals surface area (Å²) in [5, 5.41) is 4.52. The van der Waals surface area contributed by atoms with Crippen molar-refractivity contribution in [1.82, 2.24) is 15.2 Å². The first-order valence-corrected chi connectivity index (χ1v) is 10.0. The predicted molar refractivity (Wildman–Crippen MR) is 111 cm³/mol. The van der Waals surface area contributed by atoms with E-state index in [1.165, 1.54) is 12.1 Å². The van der Waals surface area contributed by atoms with E-state index in [1.807, 2.05) is 0 Å². The summed E-state index contributed by atoms with van der Waals surface area (Å²) >= 11 is 12.3. The molecule has 1 aliphatic heterocycles. The number of carbonyl (C=O) groups is 2. The number of aromatic amines is 1. The number of amides is 2. The van der Waals surface area contributed by atoms with Gasteiger partial charge >= 0.3 is 0 Å². The molecule has 2 heterocycles. The molecule has 0 spiro atoms. The Morgan fingerprint density at radius 3 is 2.55 bits per heavy atom. The quantitative estimate of drug-likeness (QED) is 0.631. The highest BCUT2D eigenvalue weighted by atomic mass is 35.5. The summed E-state index contributed by atoms with van der Waals surface area (Å²) in [6.07, 6.45) is 1.16. The average molecular weight is 434 g/mol. The molecule has 29 heavy (non-hydrogen) atoms. The molecule has 0 aliphatic carbocycles. The minimum atomic E-state index is -0.526. The zero-order valence-corrected chi connectivity index (χ0v) is 16.9. The number of likely N-dealkylation sites (tertiary alicyclic amines) is 1. The highest BCUT2D eigenvalue weighted by molar-refractivity contribution is 6.39. The average Bonchev–Trinajstić information content (AvgIpc) is 3.04. The van der Waals surface area contributed by atoms with Crippen molar-refractivity contribution in [3.05, 3.63) is 69.6 Å². The third-order valence-electron chi connectivity index (χ3n) is 5.15. The molecule has 5 nitrogen and oxygen atoms in total. The van der Waals surface area contributed by atoms with Gasteiger partial charge in [0.1, 0.15) is 11.5 Å². The van der Waals surface area contributed by atoms with Gasteiger partial charge in [0.05, 0.1) is 10.6 Å². The van der Waals surface area contributed by atoms with Crippen molar-refractivity contribution in [2.24, 2.45) is 0 Å². The zero-order valence-electron chi connectivity index (χ0n) is 15.3. The maximum absolute atomic E-state index is 13.9. The Morgan fingerprint density at radius 1 is 1.10 bits per heavy atom. The largest absolute Gasteiger partial charge is 0.349 e. The number of nitrogens with one attached hydrogen (secondary N) is 2. The van der Waals surface area contributed by atoms with Crippen LogP contribution in [0.2, 0.25) is 10.0 Å². The molecular formula is C21H18Cl2FN3O2. The van der Waals surface area contributed by atoms with Crippen LogP contribution in [0.4, 0.5) is 4.39 Å². The van der Waals surface area contributed by atoms with Crippen LogP contribution in [0.3, 0.4) is 0 Å². The fourth-order valence-corrected chi connectivity index (χ4v) is 4.04. The number of hydrogen-bond donors (Lipinski definition) is 2. The molecular weight excluding hydrogens is 416 g/mol. The summed E-state index contributed by atoms with van der Waals surface area (Å²) in [6, 6.07) is 11.1. The number of halogens is 3. The van der Waals surface area contributed by atoms with Crippen molar-refractivity contribution >= 4 is 45.9 Å². The Labute approximate surface area is 176 Å². The van der Waals surface area contributed by atoms with E-state index in [-0.39, 0.29) is 29.1 Å². The first-order chi connectivity index (χ1) is 13.9. The van der Waals surface area contributed by atoms with E-state index in [4.69, 9.17) is 23.2 Å². The van der Waals surface area contributed by atoms with E-state index < -0.39 is 5.82 Å². The molecule has 0 unspecified atom stereocenters. The molecule has 2 aromatic carbocycles. The normalized spacial score (nSPS) is 14.9. The molecule has 2 N–H and O–H groups in total. The second kappa shape index (κ2) is 8.05. The van der Waals surface area contributed by atoms with Crippen LogP contribution in [0.5, 0.6) is 0 Å². The maximum atomic E-state index is 13.9. The van der Waals surface area contributed by atoms with E-state index in [0.29, 0.717) is 41.4 Å². The number of carbonyl (C=O) groups excluding carboxylic acids is 2. The summed E-state index contributed by atoms with van der Waals surface area (Å²) in [5.74, 6) is -1.16. The van der Waals surface area contributed by atoms with Crippen LogP contribution in [-0.2, 0) is 0 Å². The van der Waals surface area contributed by atoms with Crippen LogP contribution in [0.25, 0.3) is 10.9 Å². The van der Waals surface area contributed by atoms with Crippen LogP contribution in [0.1, 0.15) is 33.7 Å². The Balaban J connectivity index is 1.40. The van der Waals surface area contributed by atoms with Gasteiger partial charge in [0.25, 0.3) is 11.8 Å². The van der Waals surface area contributed by atoms with Crippen LogP contribution in [0, 0.1) is 5.82 Å². The summed E-state index contributed by atoms with van der Waals surface area (Å²) in [7, 11) is 0. The summed E-state index contributed by atoms with van der Waals surface area (Å²) in [5.41, 5.74) is 1.09. The Kier molecular flexibility index (Phi) is 5.48. The van der Waals surface area contributed by atoms with Gasteiger partial charge in [-0.15, -0.1) is 0 Å². The highest BCUT2D eigenvalue weighted by Crippen LogP contribution is 2.30. The molecule has 0 atom stereocenters. The minimum Gasteiger partial charge on any atom is -0.349 e. The summed E-state index contributed by atoms with van der Waals surface area (Å²) in [4.78, 5) is 29.8. The standard InChI is InChI=1S/C21H18Cl2FN3O2/c22-12-5-6-17-15(11-12)18(23)19(26-17)20(28)25-13-7-9-27(10-8-13)21(29)14-3-1-2-4-16(14)24/h1-6,11,13,26H,7-10H2,(H,25,28). The highest BCUT2D eigenvalue weighted by Gasteiger charge is 2.27. The van der Waals surface area contributed by atoms with Crippen LogP contribution < -0.4 is 5.32 Å². The fourth-order valence-electron chi connectivity index (χ4n) is 3.58. The van der Waals surface area contributed by atoms with E-state index in [2.05, 4.69) is 10.3 Å². The lowest BCUT2D eigenvalue weighted by Gasteiger charge is -2.32. The third-order valence-corrected chi connectivity index (χ3v) is 5.77. The van der Waals surface area contributed by atoms with Gasteiger partial charge in [-0.05, 0) is 43.2 Å². The molecule has 8 heteroatoms. The van der Waals surface area contributed by atoms with Crippen molar-refractivity contribution in [1.29, 1.82) is 0 Å². The zero-order chi connectivity index (χ0) is 20.5. The first kappa shape index (κ1) is 19.7. The second-order valence-electron chi connectivity index (χ2n) is 7.02. The van der Waals surface area contributed by atoms with Crippen molar-refractivity contribution in [2.75, 3.05) is 13.1 Å². The fraction of sp³-hybridized carbons (Fsp3) is 0.238. The molecule has 1 aliphatic rings. The number of nitrogens with zero attached hydrogens (tertiary/aromatic N) is 1. The number of aromatic nitrogens is 1. The number of H-pyrrole nitrogens is 1. The van der Waals surface area contributed by atoms with Gasteiger partial charge in [-0.25, -0.2) is 4.39 Å².